The Balaban J connectivity index is 2.79. The first kappa shape index (κ1) is 12.5. The fourth-order valence-corrected chi connectivity index (χ4v) is 1.35. The molecule has 1 aliphatic heterocycles. The van der Waals surface area contributed by atoms with E-state index in [1.165, 1.54) is 0 Å². The Morgan fingerprint density at radius 2 is 1.75 bits per heavy atom. The van der Waals surface area contributed by atoms with Crippen molar-refractivity contribution in [2.75, 3.05) is 6.54 Å². The Labute approximate surface area is 89.3 Å². The van der Waals surface area contributed by atoms with Crippen LogP contribution in [0.1, 0.15) is 0 Å². The zero-order valence-electron chi connectivity index (χ0n) is 8.03. The Hall–Kier alpha value is -1.54. The van der Waals surface area contributed by atoms with Crippen molar-refractivity contribution in [1.29, 1.82) is 0 Å². The van der Waals surface area contributed by atoms with Gasteiger partial charge in [0, 0.05) is 9.82 Å². The standard InChI is InChI=1S/C6H10N6O4/c7-11-9-1-2-3(13)4(14)5(15)6(16-2)10-12-8/h2-6,13-15H,1H2/t2-,3-,4+,5-,6+/m1/s1. The minimum absolute atomic E-state index is 0.237. The van der Waals surface area contributed by atoms with E-state index >= 15 is 0 Å². The number of rotatable bonds is 3. The maximum atomic E-state index is 9.47. The summed E-state index contributed by atoms with van der Waals surface area (Å²) in [6.45, 7) is -0.237. The first-order valence-corrected chi connectivity index (χ1v) is 4.36. The molecule has 0 aromatic heterocycles. The molecule has 0 spiro atoms. The van der Waals surface area contributed by atoms with E-state index < -0.39 is 30.6 Å². The van der Waals surface area contributed by atoms with Gasteiger partial charge in [0.05, 0.1) is 12.6 Å². The lowest BCUT2D eigenvalue weighted by Gasteiger charge is -2.38. The number of hydrogen-bond donors (Lipinski definition) is 3. The second kappa shape index (κ2) is 5.52. The first-order chi connectivity index (χ1) is 7.61. The zero-order valence-corrected chi connectivity index (χ0v) is 8.03. The highest BCUT2D eigenvalue weighted by Crippen LogP contribution is 2.22. The molecule has 1 saturated heterocycles. The van der Waals surface area contributed by atoms with E-state index in [9.17, 15) is 15.3 Å². The van der Waals surface area contributed by atoms with Crippen molar-refractivity contribution in [3.8, 4) is 0 Å². The average Bonchev–Trinajstić information content (AvgIpc) is 2.28. The van der Waals surface area contributed by atoms with Gasteiger partial charge in [-0.3, -0.25) is 0 Å². The Morgan fingerprint density at radius 1 is 1.06 bits per heavy atom. The van der Waals surface area contributed by atoms with E-state index in [0.29, 0.717) is 0 Å². The predicted octanol–water partition coefficient (Wildman–Crippen LogP) is -0.585. The molecule has 0 aromatic rings. The SMILES string of the molecule is [N-]=[N+]=NC[C@H]1O[C@H](N=[N+]=[N-])[C@H](O)[C@@H](O)[C@@H]1O. The van der Waals surface area contributed by atoms with Gasteiger partial charge in [0.15, 0.2) is 6.23 Å². The molecule has 0 aliphatic carbocycles. The van der Waals surface area contributed by atoms with Crippen molar-refractivity contribution in [3.05, 3.63) is 20.9 Å². The van der Waals surface area contributed by atoms with Gasteiger partial charge in [-0.15, -0.1) is 0 Å². The number of ether oxygens (including phenoxy) is 1. The summed E-state index contributed by atoms with van der Waals surface area (Å²) < 4.78 is 4.98. The lowest BCUT2D eigenvalue weighted by Crippen LogP contribution is -2.57. The molecule has 10 nitrogen and oxygen atoms in total. The molecule has 16 heavy (non-hydrogen) atoms. The molecule has 1 heterocycles. The minimum atomic E-state index is -1.52. The Morgan fingerprint density at radius 3 is 2.31 bits per heavy atom. The van der Waals surface area contributed by atoms with Gasteiger partial charge in [0.2, 0.25) is 0 Å². The van der Waals surface area contributed by atoms with Gasteiger partial charge in [-0.25, -0.2) is 0 Å². The predicted molar refractivity (Wildman–Crippen MR) is 49.8 cm³/mol. The van der Waals surface area contributed by atoms with Crippen LogP contribution < -0.4 is 0 Å². The van der Waals surface area contributed by atoms with Gasteiger partial charge in [-0.1, -0.05) is 10.2 Å². The van der Waals surface area contributed by atoms with E-state index in [-0.39, 0.29) is 6.54 Å². The summed E-state index contributed by atoms with van der Waals surface area (Å²) in [4.78, 5) is 4.89. The Bertz CT molecular complexity index is 336. The molecule has 0 saturated carbocycles. The van der Waals surface area contributed by atoms with Crippen molar-refractivity contribution < 1.29 is 20.1 Å². The summed E-state index contributed by atoms with van der Waals surface area (Å²) >= 11 is 0. The molecule has 88 valence electrons. The van der Waals surface area contributed by atoms with Gasteiger partial charge in [-0.05, 0) is 11.1 Å². The number of aliphatic hydroxyl groups is 3. The number of nitrogens with zero attached hydrogens (tertiary/aromatic N) is 6. The highest BCUT2D eigenvalue weighted by atomic mass is 16.5. The summed E-state index contributed by atoms with van der Waals surface area (Å²) in [5, 5.41) is 34.5. The van der Waals surface area contributed by atoms with Crippen molar-refractivity contribution in [1.82, 2.24) is 0 Å². The first-order valence-electron chi connectivity index (χ1n) is 4.36. The molecule has 0 radical (unpaired) electrons. The normalized spacial score (nSPS) is 38.3. The van der Waals surface area contributed by atoms with Gasteiger partial charge in [0.1, 0.15) is 18.3 Å². The van der Waals surface area contributed by atoms with E-state index in [2.05, 4.69) is 20.1 Å². The van der Waals surface area contributed by atoms with Crippen molar-refractivity contribution in [3.63, 3.8) is 0 Å². The van der Waals surface area contributed by atoms with Gasteiger partial charge in [-0.2, -0.15) is 0 Å². The molecular weight excluding hydrogens is 220 g/mol. The van der Waals surface area contributed by atoms with Crippen LogP contribution in [-0.4, -0.2) is 52.5 Å². The van der Waals surface area contributed by atoms with Crippen LogP contribution in [0.4, 0.5) is 0 Å². The van der Waals surface area contributed by atoms with Crippen LogP contribution in [0, 0.1) is 0 Å². The van der Waals surface area contributed by atoms with Crippen LogP contribution in [0.25, 0.3) is 20.9 Å². The van der Waals surface area contributed by atoms with E-state index in [4.69, 9.17) is 15.8 Å². The highest BCUT2D eigenvalue weighted by Gasteiger charge is 2.42. The van der Waals surface area contributed by atoms with E-state index in [1.54, 1.807) is 0 Å². The molecule has 10 heteroatoms. The summed E-state index contributed by atoms with van der Waals surface area (Å²) in [6.07, 6.45) is -6.80. The fourth-order valence-electron chi connectivity index (χ4n) is 1.35. The lowest BCUT2D eigenvalue weighted by atomic mass is 9.98. The highest BCUT2D eigenvalue weighted by molar-refractivity contribution is 4.92. The van der Waals surface area contributed by atoms with Crippen LogP contribution in [0.5, 0.6) is 0 Å². The van der Waals surface area contributed by atoms with Crippen molar-refractivity contribution in [2.24, 2.45) is 10.2 Å². The van der Waals surface area contributed by atoms with Crippen LogP contribution >= 0.6 is 0 Å². The van der Waals surface area contributed by atoms with Crippen molar-refractivity contribution in [2.45, 2.75) is 30.6 Å². The molecule has 5 atom stereocenters. The van der Waals surface area contributed by atoms with Crippen molar-refractivity contribution >= 4 is 0 Å². The molecule has 0 amide bonds. The third-order valence-corrected chi connectivity index (χ3v) is 2.18. The molecule has 1 fully saturated rings. The summed E-state index contributed by atoms with van der Waals surface area (Å²) in [7, 11) is 0. The fraction of sp³-hybridized carbons (Fsp3) is 1.00. The zero-order chi connectivity index (χ0) is 12.1. The summed E-state index contributed by atoms with van der Waals surface area (Å²) in [5.41, 5.74) is 16.3. The van der Waals surface area contributed by atoms with Crippen LogP contribution in [0.15, 0.2) is 10.2 Å². The Kier molecular flexibility index (Phi) is 4.32. The third-order valence-electron chi connectivity index (χ3n) is 2.18. The van der Waals surface area contributed by atoms with E-state index in [1.807, 2.05) is 0 Å². The van der Waals surface area contributed by atoms with Gasteiger partial charge >= 0.3 is 0 Å². The second-order valence-corrected chi connectivity index (χ2v) is 3.16. The smallest absolute Gasteiger partial charge is 0.165 e. The van der Waals surface area contributed by atoms with Gasteiger partial charge in [0.25, 0.3) is 0 Å². The summed E-state index contributed by atoms with van der Waals surface area (Å²) in [5.74, 6) is 0. The summed E-state index contributed by atoms with van der Waals surface area (Å²) in [6, 6.07) is 0. The van der Waals surface area contributed by atoms with Crippen LogP contribution in [-0.2, 0) is 4.74 Å². The lowest BCUT2D eigenvalue weighted by molar-refractivity contribution is -0.216. The molecule has 1 rings (SSSR count). The molecule has 0 aromatic carbocycles. The third kappa shape index (κ3) is 2.52. The minimum Gasteiger partial charge on any atom is -0.388 e. The number of azide groups is 2. The molecule has 0 unspecified atom stereocenters. The molecule has 3 N–H and O–H groups in total. The van der Waals surface area contributed by atoms with Crippen LogP contribution in [0.2, 0.25) is 0 Å². The van der Waals surface area contributed by atoms with E-state index in [0.717, 1.165) is 0 Å². The quantitative estimate of drug-likeness (QED) is 0.335. The topological polar surface area (TPSA) is 167 Å². The van der Waals surface area contributed by atoms with Gasteiger partial charge < -0.3 is 20.1 Å². The molecule has 1 aliphatic rings. The molecular formula is C6H10N6O4. The van der Waals surface area contributed by atoms with Crippen LogP contribution in [0.3, 0.4) is 0 Å². The molecule has 0 bridgehead atoms. The second-order valence-electron chi connectivity index (χ2n) is 3.16. The average molecular weight is 230 g/mol. The number of aliphatic hydroxyl groups excluding tert-OH is 3. The largest absolute Gasteiger partial charge is 0.388 e. The maximum Gasteiger partial charge on any atom is 0.165 e. The monoisotopic (exact) mass is 230 g/mol. The number of hydrogen-bond acceptors (Lipinski definition) is 6. The maximum absolute atomic E-state index is 9.47.